The maximum atomic E-state index is 12.0. The molecule has 1 fully saturated rings. The van der Waals surface area contributed by atoms with Crippen LogP contribution >= 0.6 is 0 Å². The van der Waals surface area contributed by atoms with E-state index in [1.165, 1.54) is 0 Å². The number of carbonyl (C=O) groups is 1. The Morgan fingerprint density at radius 2 is 2.33 bits per heavy atom. The van der Waals surface area contributed by atoms with Crippen molar-refractivity contribution in [3.8, 4) is 0 Å². The fourth-order valence-electron chi connectivity index (χ4n) is 2.55. The van der Waals surface area contributed by atoms with Crippen molar-refractivity contribution in [2.45, 2.75) is 31.9 Å². The van der Waals surface area contributed by atoms with Gasteiger partial charge in [-0.2, -0.15) is 0 Å². The van der Waals surface area contributed by atoms with Crippen molar-refractivity contribution in [1.82, 2.24) is 10.2 Å². The van der Waals surface area contributed by atoms with Gasteiger partial charge in [0.15, 0.2) is 0 Å². The van der Waals surface area contributed by atoms with Crippen LogP contribution in [0.15, 0.2) is 22.8 Å². The molecule has 118 valence electrons. The number of rotatable bonds is 7. The molecule has 0 saturated carbocycles. The number of likely N-dealkylation sites (tertiary alicyclic amines) is 1. The Morgan fingerprint density at radius 1 is 1.57 bits per heavy atom. The van der Waals surface area contributed by atoms with Crippen molar-refractivity contribution >= 4 is 5.91 Å². The summed E-state index contributed by atoms with van der Waals surface area (Å²) in [4.78, 5) is 14.1. The topological polar surface area (TPSA) is 74.9 Å². The molecular weight excluding hydrogens is 272 g/mol. The van der Waals surface area contributed by atoms with Crippen LogP contribution in [0.4, 0.5) is 0 Å². The fourth-order valence-corrected chi connectivity index (χ4v) is 2.55. The maximum absolute atomic E-state index is 12.0. The average molecular weight is 296 g/mol. The minimum absolute atomic E-state index is 0.00799. The summed E-state index contributed by atoms with van der Waals surface area (Å²) in [6.07, 6.45) is 3.62. The first-order valence-electron chi connectivity index (χ1n) is 7.46. The minimum Gasteiger partial charge on any atom is -0.467 e. The van der Waals surface area contributed by atoms with Gasteiger partial charge in [-0.1, -0.05) is 0 Å². The normalized spacial score (nSPS) is 18.6. The zero-order valence-corrected chi connectivity index (χ0v) is 12.5. The zero-order valence-electron chi connectivity index (χ0n) is 12.5. The lowest BCUT2D eigenvalue weighted by molar-refractivity contribution is -0.123. The predicted molar refractivity (Wildman–Crippen MR) is 77.8 cm³/mol. The van der Waals surface area contributed by atoms with Crippen LogP contribution in [-0.4, -0.2) is 54.9 Å². The molecule has 6 heteroatoms. The molecule has 1 aliphatic rings. The average Bonchev–Trinajstić information content (AvgIpc) is 3.01. The highest BCUT2D eigenvalue weighted by atomic mass is 16.5. The molecule has 21 heavy (non-hydrogen) atoms. The van der Waals surface area contributed by atoms with E-state index in [0.29, 0.717) is 13.2 Å². The minimum atomic E-state index is -0.113. The number of hydrogen-bond acceptors (Lipinski definition) is 5. The van der Waals surface area contributed by atoms with Gasteiger partial charge in [0.2, 0.25) is 5.91 Å². The molecule has 6 nitrogen and oxygen atoms in total. The zero-order chi connectivity index (χ0) is 15.1. The highest BCUT2D eigenvalue weighted by molar-refractivity contribution is 5.78. The van der Waals surface area contributed by atoms with Gasteiger partial charge in [0, 0.05) is 13.1 Å². The Bertz CT molecular complexity index is 413. The molecule has 1 amide bonds. The van der Waals surface area contributed by atoms with Gasteiger partial charge in [0.05, 0.1) is 38.2 Å². The number of aliphatic hydroxyl groups excluding tert-OH is 1. The number of ether oxygens (including phenoxy) is 1. The summed E-state index contributed by atoms with van der Waals surface area (Å²) in [7, 11) is 0. The third kappa shape index (κ3) is 5.15. The predicted octanol–water partition coefficient (Wildman–Crippen LogP) is 0.930. The second kappa shape index (κ2) is 8.17. The molecular formula is C15H24N2O4. The van der Waals surface area contributed by atoms with E-state index in [9.17, 15) is 4.79 Å². The molecule has 1 aromatic heterocycles. The van der Waals surface area contributed by atoms with Crippen molar-refractivity contribution in [3.63, 3.8) is 0 Å². The summed E-state index contributed by atoms with van der Waals surface area (Å²) in [6, 6.07) is 3.56. The quantitative estimate of drug-likeness (QED) is 0.783. The van der Waals surface area contributed by atoms with Crippen LogP contribution in [0.25, 0.3) is 0 Å². The number of carbonyl (C=O) groups excluding carboxylic acids is 1. The summed E-state index contributed by atoms with van der Waals surface area (Å²) < 4.78 is 10.8. The molecule has 1 atom stereocenters. The molecule has 0 aliphatic carbocycles. The lowest BCUT2D eigenvalue weighted by atomic mass is 10.1. The smallest absolute Gasteiger partial charge is 0.234 e. The van der Waals surface area contributed by atoms with E-state index in [1.54, 1.807) is 6.26 Å². The summed E-state index contributed by atoms with van der Waals surface area (Å²) in [6.45, 7) is 4.46. The van der Waals surface area contributed by atoms with Crippen LogP contribution in [0.1, 0.15) is 31.6 Å². The number of nitrogens with zero attached hydrogens (tertiary/aromatic N) is 1. The van der Waals surface area contributed by atoms with Gasteiger partial charge in [0.1, 0.15) is 5.76 Å². The molecule has 0 bridgehead atoms. The van der Waals surface area contributed by atoms with Crippen molar-refractivity contribution in [1.29, 1.82) is 0 Å². The molecule has 0 spiro atoms. The van der Waals surface area contributed by atoms with E-state index in [4.69, 9.17) is 14.3 Å². The SMILES string of the molecule is CC(NC(=O)CN1CCC(OCCO)CC1)c1ccco1. The van der Waals surface area contributed by atoms with E-state index in [2.05, 4.69) is 10.2 Å². The highest BCUT2D eigenvalue weighted by Gasteiger charge is 2.22. The number of amides is 1. The summed E-state index contributed by atoms with van der Waals surface area (Å²) in [5.74, 6) is 0.771. The number of furan rings is 1. The number of piperidine rings is 1. The summed E-state index contributed by atoms with van der Waals surface area (Å²) in [5.41, 5.74) is 0. The first kappa shape index (κ1) is 16.0. The van der Waals surface area contributed by atoms with Gasteiger partial charge in [-0.3, -0.25) is 9.69 Å². The van der Waals surface area contributed by atoms with Gasteiger partial charge in [-0.15, -0.1) is 0 Å². The molecule has 1 saturated heterocycles. The molecule has 1 unspecified atom stereocenters. The summed E-state index contributed by atoms with van der Waals surface area (Å²) in [5, 5.41) is 11.7. The van der Waals surface area contributed by atoms with Crippen LogP contribution < -0.4 is 5.32 Å². The van der Waals surface area contributed by atoms with Gasteiger partial charge < -0.3 is 19.6 Å². The Labute approximate surface area is 125 Å². The van der Waals surface area contributed by atoms with Crippen LogP contribution in [0, 0.1) is 0 Å². The third-order valence-corrected chi connectivity index (χ3v) is 3.69. The number of nitrogens with one attached hydrogen (secondary N) is 1. The molecule has 0 radical (unpaired) electrons. The molecule has 1 aliphatic heterocycles. The van der Waals surface area contributed by atoms with E-state index in [0.717, 1.165) is 31.7 Å². The van der Waals surface area contributed by atoms with E-state index in [1.807, 2.05) is 19.1 Å². The first-order chi connectivity index (χ1) is 10.2. The van der Waals surface area contributed by atoms with E-state index < -0.39 is 0 Å². The number of hydrogen-bond donors (Lipinski definition) is 2. The maximum Gasteiger partial charge on any atom is 0.234 e. The fraction of sp³-hybridized carbons (Fsp3) is 0.667. The highest BCUT2D eigenvalue weighted by Crippen LogP contribution is 2.14. The Hall–Kier alpha value is -1.37. The van der Waals surface area contributed by atoms with E-state index >= 15 is 0 Å². The second-order valence-electron chi connectivity index (χ2n) is 5.37. The Kier molecular flexibility index (Phi) is 6.22. The monoisotopic (exact) mass is 296 g/mol. The van der Waals surface area contributed by atoms with Gasteiger partial charge in [-0.25, -0.2) is 0 Å². The molecule has 0 aromatic carbocycles. The lowest BCUT2D eigenvalue weighted by Gasteiger charge is -2.31. The van der Waals surface area contributed by atoms with Crippen molar-refractivity contribution < 1.29 is 19.1 Å². The molecule has 2 N–H and O–H groups in total. The van der Waals surface area contributed by atoms with Crippen LogP contribution in [0.2, 0.25) is 0 Å². The largest absolute Gasteiger partial charge is 0.467 e. The number of aliphatic hydroxyl groups is 1. The van der Waals surface area contributed by atoms with Crippen molar-refractivity contribution in [2.24, 2.45) is 0 Å². The van der Waals surface area contributed by atoms with Crippen molar-refractivity contribution in [3.05, 3.63) is 24.2 Å². The van der Waals surface area contributed by atoms with Gasteiger partial charge in [0.25, 0.3) is 0 Å². The molecule has 1 aromatic rings. The first-order valence-corrected chi connectivity index (χ1v) is 7.46. The summed E-state index contributed by atoms with van der Waals surface area (Å²) >= 11 is 0. The molecule has 2 rings (SSSR count). The van der Waals surface area contributed by atoms with Gasteiger partial charge in [-0.05, 0) is 31.9 Å². The van der Waals surface area contributed by atoms with E-state index in [-0.39, 0.29) is 24.7 Å². The van der Waals surface area contributed by atoms with Crippen LogP contribution in [0.5, 0.6) is 0 Å². The van der Waals surface area contributed by atoms with Crippen LogP contribution in [0.3, 0.4) is 0 Å². The standard InChI is InChI=1S/C15H24N2O4/c1-12(14-3-2-9-21-14)16-15(19)11-17-6-4-13(5-7-17)20-10-8-18/h2-3,9,12-13,18H,4-8,10-11H2,1H3,(H,16,19). The third-order valence-electron chi connectivity index (χ3n) is 3.69. The lowest BCUT2D eigenvalue weighted by Crippen LogP contribution is -2.43. The van der Waals surface area contributed by atoms with Crippen molar-refractivity contribution in [2.75, 3.05) is 32.8 Å². The molecule has 2 heterocycles. The van der Waals surface area contributed by atoms with Gasteiger partial charge >= 0.3 is 0 Å². The Morgan fingerprint density at radius 3 is 2.95 bits per heavy atom. The second-order valence-corrected chi connectivity index (χ2v) is 5.37. The van der Waals surface area contributed by atoms with Crippen LogP contribution in [-0.2, 0) is 9.53 Å². The Balaban J connectivity index is 1.67.